The van der Waals surface area contributed by atoms with Crippen molar-refractivity contribution in [3.05, 3.63) is 35.4 Å². The number of benzene rings is 1. The van der Waals surface area contributed by atoms with Crippen molar-refractivity contribution in [2.75, 3.05) is 6.61 Å². The molecule has 0 saturated heterocycles. The van der Waals surface area contributed by atoms with E-state index in [2.05, 4.69) is 26.1 Å². The predicted molar refractivity (Wildman–Crippen MR) is 85.4 cm³/mol. The Labute approximate surface area is 127 Å². The van der Waals surface area contributed by atoms with Crippen LogP contribution in [0.25, 0.3) is 0 Å². The van der Waals surface area contributed by atoms with E-state index >= 15 is 0 Å². The molecule has 3 heteroatoms. The normalized spacial score (nSPS) is 22.9. The van der Waals surface area contributed by atoms with E-state index in [1.54, 1.807) is 0 Å². The number of carbonyl (C=O) groups is 1. The summed E-state index contributed by atoms with van der Waals surface area (Å²) < 4.78 is 0. The highest BCUT2D eigenvalue weighted by atomic mass is 16.3. The maximum absolute atomic E-state index is 12.3. The molecule has 1 amide bonds. The summed E-state index contributed by atoms with van der Waals surface area (Å²) in [6.07, 6.45) is 4.25. The Morgan fingerprint density at radius 3 is 2.38 bits per heavy atom. The van der Waals surface area contributed by atoms with Gasteiger partial charge in [0.05, 0.1) is 0 Å². The minimum atomic E-state index is -0.0270. The van der Waals surface area contributed by atoms with Gasteiger partial charge >= 0.3 is 0 Å². The van der Waals surface area contributed by atoms with Crippen molar-refractivity contribution in [1.82, 2.24) is 5.32 Å². The summed E-state index contributed by atoms with van der Waals surface area (Å²) >= 11 is 0. The van der Waals surface area contributed by atoms with Gasteiger partial charge in [-0.1, -0.05) is 45.7 Å². The number of hydrogen-bond acceptors (Lipinski definition) is 2. The number of aliphatic hydroxyl groups excluding tert-OH is 1. The highest BCUT2D eigenvalue weighted by Gasteiger charge is 2.26. The fraction of sp³-hybridized carbons (Fsp3) is 0.611. The molecule has 2 atom stereocenters. The zero-order valence-corrected chi connectivity index (χ0v) is 13.4. The Balaban J connectivity index is 2.03. The van der Waals surface area contributed by atoms with Crippen LogP contribution in [-0.2, 0) is 5.41 Å². The molecule has 0 bridgehead atoms. The Morgan fingerprint density at radius 2 is 1.81 bits per heavy atom. The molecule has 1 aliphatic rings. The molecule has 0 aromatic heterocycles. The standard InChI is InChI=1S/C18H27NO2/c1-18(2,3)15-10-8-13(9-11-15)17(21)19-16-7-5-4-6-14(16)12-20/h8-11,14,16,20H,4-7,12H2,1-3H3,(H,19,21). The number of nitrogens with one attached hydrogen (secondary N) is 1. The van der Waals surface area contributed by atoms with E-state index in [9.17, 15) is 9.90 Å². The average Bonchev–Trinajstić information content (AvgIpc) is 2.47. The summed E-state index contributed by atoms with van der Waals surface area (Å²) in [4.78, 5) is 12.3. The number of carbonyl (C=O) groups excluding carboxylic acids is 1. The van der Waals surface area contributed by atoms with Gasteiger partial charge in [0, 0.05) is 24.1 Å². The van der Waals surface area contributed by atoms with Crippen LogP contribution >= 0.6 is 0 Å². The van der Waals surface area contributed by atoms with Crippen molar-refractivity contribution in [2.45, 2.75) is 57.9 Å². The van der Waals surface area contributed by atoms with Crippen LogP contribution in [-0.4, -0.2) is 23.7 Å². The van der Waals surface area contributed by atoms with Crippen LogP contribution < -0.4 is 5.32 Å². The highest BCUT2D eigenvalue weighted by molar-refractivity contribution is 5.94. The second kappa shape index (κ2) is 6.61. The maximum atomic E-state index is 12.3. The van der Waals surface area contributed by atoms with Gasteiger partial charge in [0.1, 0.15) is 0 Å². The minimum Gasteiger partial charge on any atom is -0.396 e. The van der Waals surface area contributed by atoms with E-state index in [-0.39, 0.29) is 29.9 Å². The fourth-order valence-corrected chi connectivity index (χ4v) is 2.99. The van der Waals surface area contributed by atoms with Crippen LogP contribution in [0.1, 0.15) is 62.4 Å². The summed E-state index contributed by atoms with van der Waals surface area (Å²) in [5, 5.41) is 12.5. The van der Waals surface area contributed by atoms with E-state index in [0.717, 1.165) is 25.7 Å². The van der Waals surface area contributed by atoms with Gasteiger partial charge in [-0.25, -0.2) is 0 Å². The number of amides is 1. The molecule has 0 heterocycles. The molecule has 0 radical (unpaired) electrons. The molecule has 0 spiro atoms. The van der Waals surface area contributed by atoms with Crippen LogP contribution in [0.2, 0.25) is 0 Å². The molecule has 2 rings (SSSR count). The van der Waals surface area contributed by atoms with Gasteiger partial charge < -0.3 is 10.4 Å². The van der Waals surface area contributed by atoms with Crippen LogP contribution in [0.5, 0.6) is 0 Å². The molecule has 21 heavy (non-hydrogen) atoms. The molecule has 1 aromatic rings. The van der Waals surface area contributed by atoms with Crippen molar-refractivity contribution in [1.29, 1.82) is 0 Å². The van der Waals surface area contributed by atoms with Crippen molar-refractivity contribution in [2.24, 2.45) is 5.92 Å². The SMILES string of the molecule is CC(C)(C)c1ccc(C(=O)NC2CCCCC2CO)cc1. The van der Waals surface area contributed by atoms with Gasteiger partial charge in [-0.15, -0.1) is 0 Å². The van der Waals surface area contributed by atoms with E-state index in [1.165, 1.54) is 5.56 Å². The lowest BCUT2D eigenvalue weighted by molar-refractivity contribution is 0.0872. The monoisotopic (exact) mass is 289 g/mol. The second-order valence-electron chi connectivity index (χ2n) is 7.13. The third-order valence-corrected chi connectivity index (χ3v) is 4.47. The van der Waals surface area contributed by atoms with Gasteiger partial charge in [-0.05, 0) is 36.0 Å². The molecule has 1 aromatic carbocycles. The Hall–Kier alpha value is -1.35. The van der Waals surface area contributed by atoms with Crippen LogP contribution in [0, 0.1) is 5.92 Å². The van der Waals surface area contributed by atoms with E-state index in [1.807, 2.05) is 24.3 Å². The minimum absolute atomic E-state index is 0.0270. The van der Waals surface area contributed by atoms with Gasteiger partial charge in [0.2, 0.25) is 0 Å². The molecule has 2 unspecified atom stereocenters. The summed E-state index contributed by atoms with van der Waals surface area (Å²) in [7, 11) is 0. The summed E-state index contributed by atoms with van der Waals surface area (Å²) in [5.74, 6) is 0.178. The first-order valence-corrected chi connectivity index (χ1v) is 7.94. The third kappa shape index (κ3) is 4.07. The average molecular weight is 289 g/mol. The smallest absolute Gasteiger partial charge is 0.251 e. The summed E-state index contributed by atoms with van der Waals surface area (Å²) in [6.45, 7) is 6.65. The Bertz CT molecular complexity index is 473. The van der Waals surface area contributed by atoms with Crippen molar-refractivity contribution < 1.29 is 9.90 Å². The van der Waals surface area contributed by atoms with Gasteiger partial charge in [-0.2, -0.15) is 0 Å². The highest BCUT2D eigenvalue weighted by Crippen LogP contribution is 2.25. The fourth-order valence-electron chi connectivity index (χ4n) is 2.99. The first-order chi connectivity index (χ1) is 9.91. The van der Waals surface area contributed by atoms with Crippen molar-refractivity contribution in [3.63, 3.8) is 0 Å². The molecule has 116 valence electrons. The number of rotatable bonds is 3. The lowest BCUT2D eigenvalue weighted by atomic mass is 9.84. The van der Waals surface area contributed by atoms with Gasteiger partial charge in [0.15, 0.2) is 0 Å². The molecule has 1 fully saturated rings. The lowest BCUT2D eigenvalue weighted by Crippen LogP contribution is -2.43. The summed E-state index contributed by atoms with van der Waals surface area (Å²) in [5.41, 5.74) is 2.02. The van der Waals surface area contributed by atoms with Crippen LogP contribution in [0.4, 0.5) is 0 Å². The molecule has 3 nitrogen and oxygen atoms in total. The molecule has 1 saturated carbocycles. The van der Waals surface area contributed by atoms with Crippen LogP contribution in [0.3, 0.4) is 0 Å². The Morgan fingerprint density at radius 1 is 1.19 bits per heavy atom. The topological polar surface area (TPSA) is 49.3 Å². The van der Waals surface area contributed by atoms with Crippen molar-refractivity contribution >= 4 is 5.91 Å². The van der Waals surface area contributed by atoms with Gasteiger partial charge in [0.25, 0.3) is 5.91 Å². The maximum Gasteiger partial charge on any atom is 0.251 e. The zero-order chi connectivity index (χ0) is 15.5. The molecule has 0 aliphatic heterocycles. The van der Waals surface area contributed by atoms with E-state index in [0.29, 0.717) is 5.56 Å². The molecule has 2 N–H and O–H groups in total. The largest absolute Gasteiger partial charge is 0.396 e. The Kier molecular flexibility index (Phi) is 5.04. The van der Waals surface area contributed by atoms with E-state index in [4.69, 9.17) is 0 Å². The first kappa shape index (κ1) is 16.0. The molecular formula is C18H27NO2. The quantitative estimate of drug-likeness (QED) is 0.897. The lowest BCUT2D eigenvalue weighted by Gasteiger charge is -2.31. The van der Waals surface area contributed by atoms with Crippen molar-refractivity contribution in [3.8, 4) is 0 Å². The van der Waals surface area contributed by atoms with Crippen LogP contribution in [0.15, 0.2) is 24.3 Å². The zero-order valence-electron chi connectivity index (χ0n) is 13.4. The molecular weight excluding hydrogens is 262 g/mol. The number of hydrogen-bond donors (Lipinski definition) is 2. The third-order valence-electron chi connectivity index (χ3n) is 4.47. The second-order valence-corrected chi connectivity index (χ2v) is 7.13. The number of aliphatic hydroxyl groups is 1. The molecule has 1 aliphatic carbocycles. The first-order valence-electron chi connectivity index (χ1n) is 7.94. The summed E-state index contributed by atoms with van der Waals surface area (Å²) in [6, 6.07) is 7.96. The van der Waals surface area contributed by atoms with Gasteiger partial charge in [-0.3, -0.25) is 4.79 Å². The van der Waals surface area contributed by atoms with E-state index < -0.39 is 0 Å². The predicted octanol–water partition coefficient (Wildman–Crippen LogP) is 3.27.